The van der Waals surface area contributed by atoms with Crippen LogP contribution in [0.1, 0.15) is 36.8 Å². The van der Waals surface area contributed by atoms with Gasteiger partial charge in [0.05, 0.1) is 17.3 Å². The first-order chi connectivity index (χ1) is 10.9. The highest BCUT2D eigenvalue weighted by molar-refractivity contribution is 5.30. The average molecular weight is 329 g/mol. The molecule has 1 aliphatic carbocycles. The van der Waals surface area contributed by atoms with E-state index in [1.54, 1.807) is 13.2 Å². The molecule has 1 aromatic rings. The fourth-order valence-corrected chi connectivity index (χ4v) is 4.11. The van der Waals surface area contributed by atoms with Crippen LogP contribution in [0.15, 0.2) is 24.3 Å². The van der Waals surface area contributed by atoms with Gasteiger partial charge in [0.1, 0.15) is 0 Å². The van der Waals surface area contributed by atoms with E-state index in [0.717, 1.165) is 18.9 Å². The van der Waals surface area contributed by atoms with Gasteiger partial charge in [0.2, 0.25) is 0 Å². The Labute approximate surface area is 134 Å². The second-order valence-corrected chi connectivity index (χ2v) is 6.59. The van der Waals surface area contributed by atoms with Crippen molar-refractivity contribution in [3.8, 4) is 0 Å². The van der Waals surface area contributed by atoms with Crippen LogP contribution in [0.3, 0.4) is 0 Å². The monoisotopic (exact) mass is 329 g/mol. The van der Waals surface area contributed by atoms with E-state index in [0.29, 0.717) is 19.4 Å². The fraction of sp³-hybridized carbons (Fsp3) is 0.647. The number of fused-ring (bicyclic) bond motifs is 1. The largest absolute Gasteiger partial charge is 0.416 e. The number of likely N-dealkylation sites (tertiary alicyclic amines) is 1. The number of nitrogens with zero attached hydrogens (tertiary/aromatic N) is 1. The average Bonchev–Trinajstić information content (AvgIpc) is 2.86. The first kappa shape index (κ1) is 16.7. The molecular formula is C17H22F3NO2. The van der Waals surface area contributed by atoms with Gasteiger partial charge < -0.3 is 9.84 Å². The second-order valence-electron chi connectivity index (χ2n) is 6.59. The molecule has 0 radical (unpaired) electrons. The van der Waals surface area contributed by atoms with Gasteiger partial charge in [-0.1, -0.05) is 18.2 Å². The summed E-state index contributed by atoms with van der Waals surface area (Å²) in [7, 11) is 1.66. The molecule has 0 bridgehead atoms. The Bertz CT molecular complexity index is 563. The van der Waals surface area contributed by atoms with Crippen molar-refractivity contribution in [2.24, 2.45) is 0 Å². The van der Waals surface area contributed by atoms with E-state index in [2.05, 4.69) is 0 Å². The maximum absolute atomic E-state index is 13.2. The van der Waals surface area contributed by atoms with Gasteiger partial charge in [-0.3, -0.25) is 4.90 Å². The minimum absolute atomic E-state index is 0.0301. The predicted octanol–water partition coefficient (Wildman–Crippen LogP) is 3.21. The molecule has 2 aliphatic rings. The number of halogens is 3. The molecule has 128 valence electrons. The third kappa shape index (κ3) is 3.12. The molecule has 23 heavy (non-hydrogen) atoms. The molecule has 1 aromatic carbocycles. The smallest absolute Gasteiger partial charge is 0.393 e. The normalized spacial score (nSPS) is 32.0. The van der Waals surface area contributed by atoms with Crippen molar-refractivity contribution in [3.63, 3.8) is 0 Å². The van der Waals surface area contributed by atoms with Crippen molar-refractivity contribution in [2.75, 3.05) is 13.7 Å². The van der Waals surface area contributed by atoms with E-state index in [4.69, 9.17) is 4.74 Å². The standard InChI is InChI=1S/C17H22F3NO2/c1-23-16-7-6-13(22)10-15(16)21(9-8-16)11-12-4-2-3-5-14(12)17(18,19)20/h2-5,13,15,22H,6-11H2,1H3/t13-,15-,16+/m0/s1. The summed E-state index contributed by atoms with van der Waals surface area (Å²) in [5, 5.41) is 9.97. The lowest BCUT2D eigenvalue weighted by Crippen LogP contribution is -2.51. The highest BCUT2D eigenvalue weighted by Gasteiger charge is 2.51. The minimum atomic E-state index is -4.35. The molecule has 2 fully saturated rings. The first-order valence-electron chi connectivity index (χ1n) is 7.98. The molecule has 1 saturated heterocycles. The molecule has 3 atom stereocenters. The van der Waals surface area contributed by atoms with Crippen molar-refractivity contribution in [1.82, 2.24) is 4.90 Å². The van der Waals surface area contributed by atoms with E-state index in [1.165, 1.54) is 12.1 Å². The third-order valence-electron chi connectivity index (χ3n) is 5.37. The van der Waals surface area contributed by atoms with Gasteiger partial charge in [0.25, 0.3) is 0 Å². The third-order valence-corrected chi connectivity index (χ3v) is 5.37. The van der Waals surface area contributed by atoms with E-state index >= 15 is 0 Å². The summed E-state index contributed by atoms with van der Waals surface area (Å²) in [5.74, 6) is 0. The Hall–Kier alpha value is -1.11. The number of hydrogen-bond donors (Lipinski definition) is 1. The van der Waals surface area contributed by atoms with Crippen molar-refractivity contribution in [1.29, 1.82) is 0 Å². The first-order valence-corrected chi connectivity index (χ1v) is 7.98. The molecule has 6 heteroatoms. The lowest BCUT2D eigenvalue weighted by atomic mass is 9.79. The van der Waals surface area contributed by atoms with Crippen LogP contribution in [0.5, 0.6) is 0 Å². The van der Waals surface area contributed by atoms with Crippen LogP contribution in [0.2, 0.25) is 0 Å². The Balaban J connectivity index is 1.84. The van der Waals surface area contributed by atoms with Gasteiger partial charge in [-0.25, -0.2) is 0 Å². The number of aliphatic hydroxyl groups excluding tert-OH is 1. The van der Waals surface area contributed by atoms with Crippen molar-refractivity contribution in [3.05, 3.63) is 35.4 Å². The summed E-state index contributed by atoms with van der Waals surface area (Å²) in [4.78, 5) is 2.04. The molecule has 1 saturated carbocycles. The summed E-state index contributed by atoms with van der Waals surface area (Å²) in [6.45, 7) is 0.926. The summed E-state index contributed by atoms with van der Waals surface area (Å²) in [6.07, 6.45) is -1.94. The van der Waals surface area contributed by atoms with Crippen LogP contribution >= 0.6 is 0 Å². The Morgan fingerprint density at radius 1 is 1.30 bits per heavy atom. The maximum Gasteiger partial charge on any atom is 0.416 e. The summed E-state index contributed by atoms with van der Waals surface area (Å²) < 4.78 is 45.3. The van der Waals surface area contributed by atoms with Crippen LogP contribution < -0.4 is 0 Å². The molecule has 0 unspecified atom stereocenters. The lowest BCUT2D eigenvalue weighted by molar-refractivity contribution is -0.138. The summed E-state index contributed by atoms with van der Waals surface area (Å²) >= 11 is 0. The van der Waals surface area contributed by atoms with Crippen molar-refractivity contribution < 1.29 is 23.0 Å². The fourth-order valence-electron chi connectivity index (χ4n) is 4.11. The number of benzene rings is 1. The van der Waals surface area contributed by atoms with E-state index in [-0.39, 0.29) is 23.8 Å². The molecular weight excluding hydrogens is 307 g/mol. The molecule has 1 N–H and O–H groups in total. The predicted molar refractivity (Wildman–Crippen MR) is 79.9 cm³/mol. The van der Waals surface area contributed by atoms with Gasteiger partial charge in [-0.2, -0.15) is 13.2 Å². The highest BCUT2D eigenvalue weighted by Crippen LogP contribution is 2.43. The molecule has 0 spiro atoms. The van der Waals surface area contributed by atoms with Gasteiger partial charge >= 0.3 is 6.18 Å². The van der Waals surface area contributed by atoms with E-state index in [9.17, 15) is 18.3 Å². The van der Waals surface area contributed by atoms with Crippen LogP contribution in [-0.4, -0.2) is 41.4 Å². The van der Waals surface area contributed by atoms with Gasteiger partial charge in [-0.05, 0) is 37.3 Å². The van der Waals surface area contributed by atoms with Crippen LogP contribution in [0.4, 0.5) is 13.2 Å². The molecule has 3 nitrogen and oxygen atoms in total. The lowest BCUT2D eigenvalue weighted by Gasteiger charge is -2.42. The summed E-state index contributed by atoms with van der Waals surface area (Å²) in [5.41, 5.74) is -0.620. The van der Waals surface area contributed by atoms with Gasteiger partial charge in [-0.15, -0.1) is 0 Å². The molecule has 1 aliphatic heterocycles. The molecule has 0 aromatic heterocycles. The number of rotatable bonds is 3. The quantitative estimate of drug-likeness (QED) is 0.924. The Kier molecular flexibility index (Phi) is 4.42. The number of methoxy groups -OCH3 is 1. The minimum Gasteiger partial charge on any atom is -0.393 e. The van der Waals surface area contributed by atoms with Gasteiger partial charge in [0.15, 0.2) is 0 Å². The summed E-state index contributed by atoms with van der Waals surface area (Å²) in [6, 6.07) is 5.69. The number of hydrogen-bond acceptors (Lipinski definition) is 3. The van der Waals surface area contributed by atoms with E-state index < -0.39 is 17.8 Å². The van der Waals surface area contributed by atoms with Crippen molar-refractivity contribution in [2.45, 2.75) is 56.2 Å². The zero-order valence-electron chi connectivity index (χ0n) is 13.1. The molecule has 0 amide bonds. The van der Waals surface area contributed by atoms with Crippen LogP contribution in [0.25, 0.3) is 0 Å². The number of aliphatic hydroxyl groups is 1. The maximum atomic E-state index is 13.2. The Morgan fingerprint density at radius 3 is 2.74 bits per heavy atom. The Morgan fingerprint density at radius 2 is 2.04 bits per heavy atom. The van der Waals surface area contributed by atoms with Crippen molar-refractivity contribution >= 4 is 0 Å². The number of alkyl halides is 3. The zero-order chi connectivity index (χ0) is 16.7. The number of ether oxygens (including phenoxy) is 1. The highest BCUT2D eigenvalue weighted by atomic mass is 19.4. The van der Waals surface area contributed by atoms with Crippen LogP contribution in [0, 0.1) is 0 Å². The SMILES string of the molecule is CO[C@@]12CC[C@H](O)C[C@@H]1N(Cc1ccccc1C(F)(F)F)CC2. The van der Waals surface area contributed by atoms with Crippen LogP contribution in [-0.2, 0) is 17.5 Å². The second kappa shape index (κ2) is 6.07. The molecule has 3 rings (SSSR count). The van der Waals surface area contributed by atoms with E-state index in [1.807, 2.05) is 4.90 Å². The topological polar surface area (TPSA) is 32.7 Å². The molecule has 1 heterocycles. The zero-order valence-corrected chi connectivity index (χ0v) is 13.1. The van der Waals surface area contributed by atoms with Gasteiger partial charge in [0, 0.05) is 26.2 Å².